The zero-order chi connectivity index (χ0) is 11.2. The molecule has 0 amide bonds. The van der Waals surface area contributed by atoms with Crippen molar-refractivity contribution in [2.45, 2.75) is 25.2 Å². The van der Waals surface area contributed by atoms with Gasteiger partial charge in [-0.15, -0.1) is 0 Å². The van der Waals surface area contributed by atoms with Gasteiger partial charge in [0.05, 0.1) is 5.69 Å². The Morgan fingerprint density at radius 3 is 2.94 bits per heavy atom. The Balaban J connectivity index is 2.04. The molecule has 0 unspecified atom stereocenters. The highest BCUT2D eigenvalue weighted by Gasteiger charge is 2.25. The van der Waals surface area contributed by atoms with Crippen LogP contribution < -0.4 is 5.32 Å². The lowest BCUT2D eigenvalue weighted by Crippen LogP contribution is -2.17. The SMILES string of the molecule is CC1(C)C=C2Sc3ccccc3NC2=CC1. The van der Waals surface area contributed by atoms with Crippen molar-refractivity contribution >= 4 is 17.4 Å². The van der Waals surface area contributed by atoms with Crippen LogP contribution >= 0.6 is 11.8 Å². The van der Waals surface area contributed by atoms with E-state index in [1.54, 1.807) is 0 Å². The number of allylic oxidation sites excluding steroid dienone is 2. The molecule has 1 nitrogen and oxygen atoms in total. The summed E-state index contributed by atoms with van der Waals surface area (Å²) in [7, 11) is 0. The minimum atomic E-state index is 0.291. The Kier molecular flexibility index (Phi) is 2.15. The molecule has 0 spiro atoms. The van der Waals surface area contributed by atoms with Crippen LogP contribution in [0.25, 0.3) is 0 Å². The molecule has 0 saturated carbocycles. The summed E-state index contributed by atoms with van der Waals surface area (Å²) < 4.78 is 0. The lowest BCUT2D eigenvalue weighted by molar-refractivity contribution is 0.481. The number of benzene rings is 1. The van der Waals surface area contributed by atoms with Gasteiger partial charge in [-0.05, 0) is 24.0 Å². The zero-order valence-corrected chi connectivity index (χ0v) is 10.4. The van der Waals surface area contributed by atoms with Gasteiger partial charge < -0.3 is 5.32 Å². The number of anilines is 1. The number of rotatable bonds is 0. The molecule has 1 aliphatic carbocycles. The average molecular weight is 229 g/mol. The molecule has 0 aromatic heterocycles. The van der Waals surface area contributed by atoms with Crippen LogP contribution in [-0.2, 0) is 0 Å². The summed E-state index contributed by atoms with van der Waals surface area (Å²) in [5.41, 5.74) is 2.80. The maximum absolute atomic E-state index is 3.51. The van der Waals surface area contributed by atoms with Crippen molar-refractivity contribution in [2.24, 2.45) is 5.41 Å². The second-order valence-electron chi connectivity index (χ2n) is 5.04. The minimum Gasteiger partial charge on any atom is -0.354 e. The molecule has 2 heteroatoms. The van der Waals surface area contributed by atoms with Crippen LogP contribution in [-0.4, -0.2) is 0 Å². The van der Waals surface area contributed by atoms with E-state index < -0.39 is 0 Å². The van der Waals surface area contributed by atoms with E-state index in [1.807, 2.05) is 11.8 Å². The molecule has 0 radical (unpaired) electrons. The maximum Gasteiger partial charge on any atom is 0.0526 e. The van der Waals surface area contributed by atoms with Gasteiger partial charge in [0.25, 0.3) is 0 Å². The molecule has 0 fully saturated rings. The van der Waals surface area contributed by atoms with Crippen LogP contribution in [0.5, 0.6) is 0 Å². The Labute approximate surface area is 101 Å². The third-order valence-corrected chi connectivity index (χ3v) is 4.13. The van der Waals surface area contributed by atoms with Gasteiger partial charge in [-0.25, -0.2) is 0 Å². The highest BCUT2D eigenvalue weighted by Crippen LogP contribution is 2.46. The van der Waals surface area contributed by atoms with Crippen molar-refractivity contribution in [1.29, 1.82) is 0 Å². The van der Waals surface area contributed by atoms with E-state index in [4.69, 9.17) is 0 Å². The van der Waals surface area contributed by atoms with Gasteiger partial charge in [0.2, 0.25) is 0 Å². The van der Waals surface area contributed by atoms with Crippen LogP contribution in [0.3, 0.4) is 0 Å². The van der Waals surface area contributed by atoms with Crippen molar-refractivity contribution in [1.82, 2.24) is 0 Å². The van der Waals surface area contributed by atoms with E-state index >= 15 is 0 Å². The molecule has 3 rings (SSSR count). The number of thioether (sulfide) groups is 1. The molecule has 2 aliphatic rings. The lowest BCUT2D eigenvalue weighted by Gasteiger charge is -2.31. The lowest BCUT2D eigenvalue weighted by atomic mass is 9.85. The normalized spacial score (nSPS) is 21.1. The first-order chi connectivity index (χ1) is 7.64. The van der Waals surface area contributed by atoms with Gasteiger partial charge in [-0.1, -0.05) is 49.9 Å². The van der Waals surface area contributed by atoms with E-state index in [0.717, 1.165) is 6.42 Å². The van der Waals surface area contributed by atoms with Gasteiger partial charge in [0.1, 0.15) is 0 Å². The maximum atomic E-state index is 3.51. The van der Waals surface area contributed by atoms with E-state index in [1.165, 1.54) is 21.2 Å². The standard InChI is InChI=1S/C14H15NS/c1-14(2)8-7-11-13(9-14)16-12-6-4-3-5-10(12)15-11/h3-7,9,15H,8H2,1-2H3. The average Bonchev–Trinajstić information content (AvgIpc) is 2.25. The number of para-hydroxylation sites is 1. The predicted octanol–water partition coefficient (Wildman–Crippen LogP) is 4.40. The van der Waals surface area contributed by atoms with Crippen molar-refractivity contribution in [3.8, 4) is 0 Å². The summed E-state index contributed by atoms with van der Waals surface area (Å²) in [5, 5.41) is 3.51. The van der Waals surface area contributed by atoms with E-state index in [0.29, 0.717) is 5.41 Å². The summed E-state index contributed by atoms with van der Waals surface area (Å²) >= 11 is 1.87. The fourth-order valence-electron chi connectivity index (χ4n) is 2.08. The molecule has 1 heterocycles. The molecular weight excluding hydrogens is 214 g/mol. The quantitative estimate of drug-likeness (QED) is 0.707. The van der Waals surface area contributed by atoms with Crippen molar-refractivity contribution in [3.05, 3.63) is 47.0 Å². The van der Waals surface area contributed by atoms with E-state index in [2.05, 4.69) is 55.6 Å². The van der Waals surface area contributed by atoms with Crippen LogP contribution in [0, 0.1) is 5.41 Å². The van der Waals surface area contributed by atoms with Gasteiger partial charge in [0, 0.05) is 15.5 Å². The highest BCUT2D eigenvalue weighted by molar-refractivity contribution is 8.03. The topological polar surface area (TPSA) is 12.0 Å². The molecule has 0 saturated heterocycles. The largest absolute Gasteiger partial charge is 0.354 e. The fourth-order valence-corrected chi connectivity index (χ4v) is 3.31. The molecule has 1 N–H and O–H groups in total. The van der Waals surface area contributed by atoms with Gasteiger partial charge >= 0.3 is 0 Å². The van der Waals surface area contributed by atoms with Crippen LogP contribution in [0.15, 0.2) is 51.9 Å². The van der Waals surface area contributed by atoms with Gasteiger partial charge in [-0.2, -0.15) is 0 Å². The number of hydrogen-bond donors (Lipinski definition) is 1. The first kappa shape index (κ1) is 10.0. The van der Waals surface area contributed by atoms with Crippen molar-refractivity contribution < 1.29 is 0 Å². The first-order valence-electron chi connectivity index (χ1n) is 5.61. The summed E-state index contributed by atoms with van der Waals surface area (Å²) in [6.07, 6.45) is 5.82. The molecule has 82 valence electrons. The first-order valence-corrected chi connectivity index (χ1v) is 6.43. The molecule has 16 heavy (non-hydrogen) atoms. The summed E-state index contributed by atoms with van der Waals surface area (Å²) in [6, 6.07) is 8.48. The number of nitrogens with one attached hydrogen (secondary N) is 1. The van der Waals surface area contributed by atoms with E-state index in [9.17, 15) is 0 Å². The predicted molar refractivity (Wildman–Crippen MR) is 70.5 cm³/mol. The highest BCUT2D eigenvalue weighted by atomic mass is 32.2. The van der Waals surface area contributed by atoms with Crippen molar-refractivity contribution in [2.75, 3.05) is 5.32 Å². The molecule has 1 aliphatic heterocycles. The molecule has 0 bridgehead atoms. The minimum absolute atomic E-state index is 0.291. The number of hydrogen-bond acceptors (Lipinski definition) is 2. The monoisotopic (exact) mass is 229 g/mol. The smallest absolute Gasteiger partial charge is 0.0526 e. The fraction of sp³-hybridized carbons (Fsp3) is 0.286. The Bertz CT molecular complexity index is 497. The third kappa shape index (κ3) is 1.67. The molecule has 1 aromatic rings. The molecule has 1 aromatic carbocycles. The van der Waals surface area contributed by atoms with Gasteiger partial charge in [-0.3, -0.25) is 0 Å². The summed E-state index contributed by atoms with van der Waals surface area (Å²) in [6.45, 7) is 4.57. The van der Waals surface area contributed by atoms with Crippen LogP contribution in [0.1, 0.15) is 20.3 Å². The van der Waals surface area contributed by atoms with Crippen molar-refractivity contribution in [3.63, 3.8) is 0 Å². The Hall–Kier alpha value is -1.15. The Morgan fingerprint density at radius 1 is 1.25 bits per heavy atom. The van der Waals surface area contributed by atoms with Crippen LogP contribution in [0.4, 0.5) is 5.69 Å². The van der Waals surface area contributed by atoms with E-state index in [-0.39, 0.29) is 0 Å². The third-order valence-electron chi connectivity index (χ3n) is 3.00. The second kappa shape index (κ2) is 3.42. The molecule has 0 atom stereocenters. The van der Waals surface area contributed by atoms with Crippen LogP contribution in [0.2, 0.25) is 0 Å². The Morgan fingerprint density at radius 2 is 2.06 bits per heavy atom. The molecular formula is C14H15NS. The summed E-state index contributed by atoms with van der Waals surface area (Å²) in [5.74, 6) is 0. The second-order valence-corrected chi connectivity index (χ2v) is 6.13. The van der Waals surface area contributed by atoms with Gasteiger partial charge in [0.15, 0.2) is 0 Å². The zero-order valence-electron chi connectivity index (χ0n) is 9.58. The number of fused-ring (bicyclic) bond motifs is 2. The summed E-state index contributed by atoms with van der Waals surface area (Å²) in [4.78, 5) is 2.69.